The maximum Gasteiger partial charge on any atom is 0.105 e. The van der Waals surface area contributed by atoms with Crippen molar-refractivity contribution >= 4 is 11.6 Å². The van der Waals surface area contributed by atoms with Crippen LogP contribution in [0.4, 0.5) is 0 Å². The van der Waals surface area contributed by atoms with E-state index in [0.717, 1.165) is 43.5 Å². The summed E-state index contributed by atoms with van der Waals surface area (Å²) in [6.07, 6.45) is 7.18. The molecule has 19 heavy (non-hydrogen) atoms. The first-order valence-electron chi connectivity index (χ1n) is 8.16. The molecule has 0 aromatic rings. The molecule has 0 bridgehead atoms. The number of quaternary nitrogens is 1. The quantitative estimate of drug-likeness (QED) is 0.325. The Kier molecular flexibility index (Phi) is 11.1. The molecule has 0 spiro atoms. The monoisotopic (exact) mass is 292 g/mol. The number of hydrogen-bond acceptors (Lipinski definition) is 1. The van der Waals surface area contributed by atoms with Crippen LogP contribution >= 0.6 is 11.6 Å². The van der Waals surface area contributed by atoms with E-state index in [-0.39, 0.29) is 6.10 Å². The summed E-state index contributed by atoms with van der Waals surface area (Å²) in [6, 6.07) is 0. The third-order valence-electron chi connectivity index (χ3n) is 4.28. The SMILES string of the molecule is CCCCCCC(Cl)CC[N+](CC)(CC)CC(C)O. The Morgan fingerprint density at radius 2 is 1.63 bits per heavy atom. The van der Waals surface area contributed by atoms with Crippen molar-refractivity contribution in [3.8, 4) is 0 Å². The molecule has 3 heteroatoms. The zero-order valence-corrected chi connectivity index (χ0v) is 14.3. The van der Waals surface area contributed by atoms with Crippen LogP contribution in [0.25, 0.3) is 0 Å². The predicted octanol–water partition coefficient (Wildman–Crippen LogP) is 4.19. The van der Waals surface area contributed by atoms with Gasteiger partial charge in [0.1, 0.15) is 12.6 Å². The van der Waals surface area contributed by atoms with E-state index in [2.05, 4.69) is 20.8 Å². The number of halogens is 1. The number of aliphatic hydroxyl groups is 1. The van der Waals surface area contributed by atoms with Crippen LogP contribution in [-0.2, 0) is 0 Å². The molecule has 1 N–H and O–H groups in total. The minimum atomic E-state index is -0.224. The van der Waals surface area contributed by atoms with Crippen LogP contribution in [0.1, 0.15) is 66.2 Å². The van der Waals surface area contributed by atoms with Crippen molar-refractivity contribution in [2.24, 2.45) is 0 Å². The van der Waals surface area contributed by atoms with Crippen LogP contribution in [0.5, 0.6) is 0 Å². The summed E-state index contributed by atoms with van der Waals surface area (Å²) in [5.41, 5.74) is 0. The molecule has 2 atom stereocenters. The van der Waals surface area contributed by atoms with Gasteiger partial charge in [-0.2, -0.15) is 0 Å². The second-order valence-corrected chi connectivity index (χ2v) is 6.58. The van der Waals surface area contributed by atoms with E-state index < -0.39 is 0 Å². The van der Waals surface area contributed by atoms with E-state index in [1.54, 1.807) is 0 Å². The number of nitrogens with zero attached hydrogens (tertiary/aromatic N) is 1. The van der Waals surface area contributed by atoms with Crippen LogP contribution in [-0.4, -0.2) is 47.2 Å². The average molecular weight is 293 g/mol. The third kappa shape index (κ3) is 8.88. The average Bonchev–Trinajstić information content (AvgIpc) is 2.39. The number of unbranched alkanes of at least 4 members (excludes halogenated alkanes) is 3. The van der Waals surface area contributed by atoms with Crippen LogP contribution < -0.4 is 0 Å². The van der Waals surface area contributed by atoms with Gasteiger partial charge < -0.3 is 9.59 Å². The Hall–Kier alpha value is 0.210. The molecule has 0 heterocycles. The topological polar surface area (TPSA) is 20.2 Å². The Morgan fingerprint density at radius 1 is 1.00 bits per heavy atom. The molecule has 0 saturated carbocycles. The summed E-state index contributed by atoms with van der Waals surface area (Å²) in [6.45, 7) is 12.7. The lowest BCUT2D eigenvalue weighted by Gasteiger charge is -2.38. The van der Waals surface area contributed by atoms with Gasteiger partial charge in [-0.3, -0.25) is 0 Å². The molecule has 0 aromatic carbocycles. The Balaban J connectivity index is 4.02. The van der Waals surface area contributed by atoms with E-state index in [0.29, 0.717) is 5.38 Å². The summed E-state index contributed by atoms with van der Waals surface area (Å²) in [5.74, 6) is 0. The van der Waals surface area contributed by atoms with Crippen LogP contribution in [0, 0.1) is 0 Å². The number of likely N-dealkylation sites (N-methyl/N-ethyl adjacent to an activating group) is 1. The first-order valence-corrected chi connectivity index (χ1v) is 8.60. The van der Waals surface area contributed by atoms with Gasteiger partial charge in [-0.05, 0) is 27.2 Å². The highest BCUT2D eigenvalue weighted by Gasteiger charge is 2.25. The molecule has 0 fully saturated rings. The van der Waals surface area contributed by atoms with Crippen molar-refractivity contribution in [3.63, 3.8) is 0 Å². The zero-order valence-electron chi connectivity index (χ0n) is 13.5. The summed E-state index contributed by atoms with van der Waals surface area (Å²) in [5, 5.41) is 9.97. The summed E-state index contributed by atoms with van der Waals surface area (Å²) >= 11 is 6.44. The number of alkyl halides is 1. The molecular formula is C16H35ClNO+. The fourth-order valence-electron chi connectivity index (χ4n) is 2.80. The molecule has 0 aromatic heterocycles. The molecule has 0 aliphatic rings. The van der Waals surface area contributed by atoms with Crippen molar-refractivity contribution in [2.45, 2.75) is 77.7 Å². The lowest BCUT2D eigenvalue weighted by molar-refractivity contribution is -0.927. The van der Waals surface area contributed by atoms with Crippen molar-refractivity contribution in [1.82, 2.24) is 0 Å². The van der Waals surface area contributed by atoms with Gasteiger partial charge in [-0.25, -0.2) is 0 Å². The lowest BCUT2D eigenvalue weighted by atomic mass is 10.1. The van der Waals surface area contributed by atoms with Gasteiger partial charge >= 0.3 is 0 Å². The molecule has 0 aliphatic heterocycles. The highest BCUT2D eigenvalue weighted by Crippen LogP contribution is 2.17. The van der Waals surface area contributed by atoms with Gasteiger partial charge in [0.05, 0.1) is 19.6 Å². The summed E-state index contributed by atoms with van der Waals surface area (Å²) in [7, 11) is 0. The molecule has 0 rings (SSSR count). The maximum absolute atomic E-state index is 9.67. The highest BCUT2D eigenvalue weighted by atomic mass is 35.5. The summed E-state index contributed by atoms with van der Waals surface area (Å²) in [4.78, 5) is 0. The van der Waals surface area contributed by atoms with E-state index in [9.17, 15) is 5.11 Å². The standard InChI is InChI=1S/C16H35ClNO/c1-5-8-9-10-11-16(17)12-13-18(6-2,7-3)14-15(4)19/h15-16,19H,5-14H2,1-4H3/q+1. The van der Waals surface area contributed by atoms with E-state index in [1.807, 2.05) is 6.92 Å². The van der Waals surface area contributed by atoms with Gasteiger partial charge in [0.15, 0.2) is 0 Å². The van der Waals surface area contributed by atoms with Crippen molar-refractivity contribution in [3.05, 3.63) is 0 Å². The molecule has 2 nitrogen and oxygen atoms in total. The molecule has 0 aliphatic carbocycles. The molecule has 0 radical (unpaired) electrons. The van der Waals surface area contributed by atoms with Gasteiger partial charge in [0.25, 0.3) is 0 Å². The fraction of sp³-hybridized carbons (Fsp3) is 1.00. The molecule has 116 valence electrons. The minimum absolute atomic E-state index is 0.224. The second-order valence-electron chi connectivity index (χ2n) is 5.96. The first-order chi connectivity index (χ1) is 8.99. The lowest BCUT2D eigenvalue weighted by Crippen LogP contribution is -2.52. The smallest absolute Gasteiger partial charge is 0.105 e. The van der Waals surface area contributed by atoms with Crippen molar-refractivity contribution in [2.75, 3.05) is 26.2 Å². The Labute approximate surface area is 125 Å². The van der Waals surface area contributed by atoms with E-state index in [4.69, 9.17) is 11.6 Å². The summed E-state index contributed by atoms with van der Waals surface area (Å²) < 4.78 is 0.996. The van der Waals surface area contributed by atoms with E-state index >= 15 is 0 Å². The van der Waals surface area contributed by atoms with Crippen molar-refractivity contribution in [1.29, 1.82) is 0 Å². The molecule has 0 saturated heterocycles. The largest absolute Gasteiger partial charge is 0.388 e. The number of rotatable bonds is 12. The molecule has 0 amide bonds. The maximum atomic E-state index is 9.67. The number of hydrogen-bond donors (Lipinski definition) is 1. The second kappa shape index (κ2) is 10.9. The van der Waals surface area contributed by atoms with E-state index in [1.165, 1.54) is 25.7 Å². The normalized spacial score (nSPS) is 15.5. The highest BCUT2D eigenvalue weighted by molar-refractivity contribution is 6.20. The number of aliphatic hydroxyl groups excluding tert-OH is 1. The first kappa shape index (κ1) is 19.2. The molecular weight excluding hydrogens is 258 g/mol. The minimum Gasteiger partial charge on any atom is -0.388 e. The van der Waals surface area contributed by atoms with Gasteiger partial charge in [-0.15, -0.1) is 11.6 Å². The van der Waals surface area contributed by atoms with Crippen LogP contribution in [0.15, 0.2) is 0 Å². The third-order valence-corrected chi connectivity index (χ3v) is 4.72. The molecule has 2 unspecified atom stereocenters. The Bertz CT molecular complexity index is 205. The predicted molar refractivity (Wildman–Crippen MR) is 85.8 cm³/mol. The van der Waals surface area contributed by atoms with Crippen LogP contribution in [0.3, 0.4) is 0 Å². The fourth-order valence-corrected chi connectivity index (χ4v) is 3.05. The van der Waals surface area contributed by atoms with Crippen molar-refractivity contribution < 1.29 is 9.59 Å². The van der Waals surface area contributed by atoms with Crippen LogP contribution in [0.2, 0.25) is 0 Å². The zero-order chi connectivity index (χ0) is 14.7. The van der Waals surface area contributed by atoms with Gasteiger partial charge in [0.2, 0.25) is 0 Å². The Morgan fingerprint density at radius 3 is 2.11 bits per heavy atom. The van der Waals surface area contributed by atoms with Gasteiger partial charge in [0, 0.05) is 11.8 Å². The van der Waals surface area contributed by atoms with Gasteiger partial charge in [-0.1, -0.05) is 32.6 Å².